The highest BCUT2D eigenvalue weighted by Gasteiger charge is 2.09. The largest absolute Gasteiger partial charge is 0.493 e. The first kappa shape index (κ1) is 13.5. The molecule has 1 N–H and O–H groups in total. The van der Waals surface area contributed by atoms with Gasteiger partial charge >= 0.3 is 0 Å². The molecule has 0 aliphatic heterocycles. The molecule has 0 saturated carbocycles. The number of fused-ring (bicyclic) bond motifs is 1. The highest BCUT2D eigenvalue weighted by atomic mass is 16.5. The third-order valence-corrected chi connectivity index (χ3v) is 3.10. The lowest BCUT2D eigenvalue weighted by Gasteiger charge is -2.08. The summed E-state index contributed by atoms with van der Waals surface area (Å²) in [5, 5.41) is 9.11. The van der Waals surface area contributed by atoms with Crippen LogP contribution < -0.4 is 9.47 Å². The molecule has 0 fully saturated rings. The monoisotopic (exact) mass is 285 g/mol. The molecule has 5 nitrogen and oxygen atoms in total. The van der Waals surface area contributed by atoms with Crippen LogP contribution in [0.25, 0.3) is 11.1 Å². The lowest BCUT2D eigenvalue weighted by Crippen LogP contribution is -1.97. The lowest BCUT2D eigenvalue weighted by molar-refractivity contribution is 0.253. The number of hydrogen-bond donors (Lipinski definition) is 1. The fourth-order valence-corrected chi connectivity index (χ4v) is 2.05. The van der Waals surface area contributed by atoms with Gasteiger partial charge in [0.1, 0.15) is 5.52 Å². The Morgan fingerprint density at radius 1 is 1.14 bits per heavy atom. The number of methoxy groups -OCH3 is 1. The number of aromatic nitrogens is 1. The first-order valence-corrected chi connectivity index (χ1v) is 6.55. The smallest absolute Gasteiger partial charge is 0.233 e. The zero-order valence-corrected chi connectivity index (χ0v) is 11.6. The van der Waals surface area contributed by atoms with E-state index in [2.05, 4.69) is 4.98 Å². The predicted octanol–water partition coefficient (Wildman–Crippen LogP) is 2.91. The maximum Gasteiger partial charge on any atom is 0.233 e. The van der Waals surface area contributed by atoms with E-state index in [0.29, 0.717) is 23.0 Å². The summed E-state index contributed by atoms with van der Waals surface area (Å²) in [7, 11) is 1.60. The van der Waals surface area contributed by atoms with Gasteiger partial charge in [0, 0.05) is 0 Å². The van der Waals surface area contributed by atoms with Crippen molar-refractivity contribution < 1.29 is 19.0 Å². The van der Waals surface area contributed by atoms with Crippen molar-refractivity contribution in [3.05, 3.63) is 53.9 Å². The van der Waals surface area contributed by atoms with Crippen LogP contribution in [-0.2, 0) is 13.2 Å². The van der Waals surface area contributed by atoms with Gasteiger partial charge in [0.2, 0.25) is 5.89 Å². The summed E-state index contributed by atoms with van der Waals surface area (Å²) in [5.41, 5.74) is 2.17. The predicted molar refractivity (Wildman–Crippen MR) is 77.3 cm³/mol. The van der Waals surface area contributed by atoms with Crippen molar-refractivity contribution in [1.29, 1.82) is 0 Å². The lowest BCUT2D eigenvalue weighted by atomic mass is 10.2. The number of nitrogens with zero attached hydrogens (tertiary/aromatic N) is 1. The molecule has 2 aromatic carbocycles. The van der Waals surface area contributed by atoms with Crippen molar-refractivity contribution in [2.45, 2.75) is 13.2 Å². The van der Waals surface area contributed by atoms with Crippen molar-refractivity contribution >= 4 is 11.1 Å². The minimum Gasteiger partial charge on any atom is -0.493 e. The zero-order chi connectivity index (χ0) is 14.7. The van der Waals surface area contributed by atoms with Gasteiger partial charge in [-0.1, -0.05) is 18.2 Å². The fourth-order valence-electron chi connectivity index (χ4n) is 2.05. The maximum atomic E-state index is 9.11. The van der Waals surface area contributed by atoms with Gasteiger partial charge in [-0.25, -0.2) is 4.98 Å². The Morgan fingerprint density at radius 2 is 1.95 bits per heavy atom. The van der Waals surface area contributed by atoms with Crippen LogP contribution in [0.1, 0.15) is 11.5 Å². The van der Waals surface area contributed by atoms with E-state index in [0.717, 1.165) is 11.1 Å². The average Bonchev–Trinajstić information content (AvgIpc) is 2.94. The minimum absolute atomic E-state index is 0.0241. The Kier molecular flexibility index (Phi) is 3.75. The summed E-state index contributed by atoms with van der Waals surface area (Å²) in [4.78, 5) is 4.34. The van der Waals surface area contributed by atoms with E-state index in [1.165, 1.54) is 0 Å². The number of para-hydroxylation sites is 2. The normalized spacial score (nSPS) is 10.8. The molecule has 0 spiro atoms. The van der Waals surface area contributed by atoms with Crippen LogP contribution in [0, 0.1) is 0 Å². The molecule has 0 saturated heterocycles. The van der Waals surface area contributed by atoms with Crippen LogP contribution in [0.3, 0.4) is 0 Å². The molecule has 21 heavy (non-hydrogen) atoms. The second kappa shape index (κ2) is 5.85. The number of aliphatic hydroxyl groups is 1. The molecular weight excluding hydrogens is 270 g/mol. The SMILES string of the molecule is COc1ccccc1OCc1nc2ccc(CO)cc2o1. The third-order valence-electron chi connectivity index (χ3n) is 3.10. The number of benzene rings is 2. The van der Waals surface area contributed by atoms with Crippen molar-refractivity contribution in [2.24, 2.45) is 0 Å². The van der Waals surface area contributed by atoms with Gasteiger partial charge in [0.05, 0.1) is 13.7 Å². The van der Waals surface area contributed by atoms with E-state index in [4.69, 9.17) is 19.0 Å². The Bertz CT molecular complexity index is 751. The van der Waals surface area contributed by atoms with Gasteiger partial charge < -0.3 is 19.0 Å². The molecule has 0 aliphatic carbocycles. The molecule has 0 bridgehead atoms. The topological polar surface area (TPSA) is 64.7 Å². The molecule has 0 aliphatic rings. The van der Waals surface area contributed by atoms with Crippen molar-refractivity contribution in [2.75, 3.05) is 7.11 Å². The van der Waals surface area contributed by atoms with Crippen molar-refractivity contribution in [1.82, 2.24) is 4.98 Å². The molecule has 0 radical (unpaired) electrons. The van der Waals surface area contributed by atoms with Crippen LogP contribution in [0.5, 0.6) is 11.5 Å². The molecule has 1 aromatic heterocycles. The van der Waals surface area contributed by atoms with Crippen molar-refractivity contribution in [3.8, 4) is 11.5 Å². The first-order chi connectivity index (χ1) is 10.3. The molecule has 0 unspecified atom stereocenters. The Morgan fingerprint density at radius 3 is 2.71 bits per heavy atom. The van der Waals surface area contributed by atoms with E-state index in [1.807, 2.05) is 36.4 Å². The van der Waals surface area contributed by atoms with Gasteiger partial charge in [0.15, 0.2) is 23.7 Å². The van der Waals surface area contributed by atoms with E-state index >= 15 is 0 Å². The second-order valence-electron chi connectivity index (χ2n) is 4.51. The quantitative estimate of drug-likeness (QED) is 0.781. The van der Waals surface area contributed by atoms with E-state index < -0.39 is 0 Å². The number of ether oxygens (including phenoxy) is 2. The zero-order valence-electron chi connectivity index (χ0n) is 11.6. The minimum atomic E-state index is -0.0241. The van der Waals surface area contributed by atoms with Crippen LogP contribution in [-0.4, -0.2) is 17.2 Å². The van der Waals surface area contributed by atoms with Gasteiger partial charge in [0.25, 0.3) is 0 Å². The average molecular weight is 285 g/mol. The summed E-state index contributed by atoms with van der Waals surface area (Å²) in [5.74, 6) is 1.78. The van der Waals surface area contributed by atoms with Crippen LogP contribution in [0.2, 0.25) is 0 Å². The van der Waals surface area contributed by atoms with Crippen LogP contribution in [0.4, 0.5) is 0 Å². The molecule has 5 heteroatoms. The number of hydrogen-bond acceptors (Lipinski definition) is 5. The third kappa shape index (κ3) is 2.83. The van der Waals surface area contributed by atoms with Gasteiger partial charge in [-0.2, -0.15) is 0 Å². The first-order valence-electron chi connectivity index (χ1n) is 6.55. The highest BCUT2D eigenvalue weighted by molar-refractivity contribution is 5.73. The van der Waals surface area contributed by atoms with E-state index in [1.54, 1.807) is 13.2 Å². The van der Waals surface area contributed by atoms with Gasteiger partial charge in [-0.05, 0) is 29.8 Å². The highest BCUT2D eigenvalue weighted by Crippen LogP contribution is 2.27. The number of oxazole rings is 1. The molecule has 0 atom stereocenters. The van der Waals surface area contributed by atoms with E-state index in [9.17, 15) is 0 Å². The second-order valence-corrected chi connectivity index (χ2v) is 4.51. The summed E-state index contributed by atoms with van der Waals surface area (Å²) >= 11 is 0. The molecule has 3 rings (SSSR count). The fraction of sp³-hybridized carbons (Fsp3) is 0.188. The molecular formula is C16H15NO4. The number of aliphatic hydroxyl groups excluding tert-OH is 1. The summed E-state index contributed by atoms with van der Waals surface area (Å²) < 4.78 is 16.5. The summed E-state index contributed by atoms with van der Waals surface area (Å²) in [6.07, 6.45) is 0. The standard InChI is InChI=1S/C16H15NO4/c1-19-13-4-2-3-5-14(13)20-10-16-17-12-7-6-11(9-18)8-15(12)21-16/h2-8,18H,9-10H2,1H3. The van der Waals surface area contributed by atoms with Crippen LogP contribution in [0.15, 0.2) is 46.9 Å². The summed E-state index contributed by atoms with van der Waals surface area (Å²) in [6, 6.07) is 12.8. The Labute approximate surface area is 121 Å². The van der Waals surface area contributed by atoms with Gasteiger partial charge in [-0.15, -0.1) is 0 Å². The Balaban J connectivity index is 1.79. The van der Waals surface area contributed by atoms with Crippen molar-refractivity contribution in [3.63, 3.8) is 0 Å². The Hall–Kier alpha value is -2.53. The summed E-state index contributed by atoms with van der Waals surface area (Å²) in [6.45, 7) is 0.188. The number of rotatable bonds is 5. The molecule has 3 aromatic rings. The maximum absolute atomic E-state index is 9.11. The molecule has 1 heterocycles. The van der Waals surface area contributed by atoms with Crippen LogP contribution >= 0.6 is 0 Å². The van der Waals surface area contributed by atoms with E-state index in [-0.39, 0.29) is 13.2 Å². The molecule has 0 amide bonds. The molecule has 108 valence electrons. The van der Waals surface area contributed by atoms with Gasteiger partial charge in [-0.3, -0.25) is 0 Å².